The van der Waals surface area contributed by atoms with E-state index >= 15 is 0 Å². The van der Waals surface area contributed by atoms with Gasteiger partial charge in [-0.3, -0.25) is 0 Å². The minimum Gasteiger partial charge on any atom is -0.469 e. The van der Waals surface area contributed by atoms with Crippen LogP contribution in [0.1, 0.15) is 11.3 Å². The summed E-state index contributed by atoms with van der Waals surface area (Å²) in [6, 6.07) is 12.5. The predicted molar refractivity (Wildman–Crippen MR) is 72.4 cm³/mol. The molecule has 0 spiro atoms. The first kappa shape index (κ1) is 11.1. The predicted octanol–water partition coefficient (Wildman–Crippen LogP) is 3.09. The fourth-order valence-corrected chi connectivity index (χ4v) is 2.11. The summed E-state index contributed by atoms with van der Waals surface area (Å²) in [4.78, 5) is 3.20. The van der Waals surface area contributed by atoms with Crippen LogP contribution < -0.4 is 5.32 Å². The Balaban J connectivity index is 1.53. The van der Waals surface area contributed by atoms with E-state index in [0.717, 1.165) is 25.3 Å². The van der Waals surface area contributed by atoms with E-state index in [0.29, 0.717) is 0 Å². The highest BCUT2D eigenvalue weighted by Gasteiger charge is 1.98. The maximum atomic E-state index is 5.29. The molecule has 3 aromatic rings. The lowest BCUT2D eigenvalue weighted by Crippen LogP contribution is -2.16. The van der Waals surface area contributed by atoms with Crippen molar-refractivity contribution in [2.24, 2.45) is 0 Å². The number of benzene rings is 1. The molecule has 2 aromatic heterocycles. The van der Waals surface area contributed by atoms with E-state index in [1.165, 1.54) is 16.5 Å². The second kappa shape index (κ2) is 5.10. The topological polar surface area (TPSA) is 41.0 Å². The normalized spacial score (nSPS) is 11.1. The minimum absolute atomic E-state index is 0.891. The van der Waals surface area contributed by atoms with Gasteiger partial charge in [0.05, 0.1) is 6.26 Å². The van der Waals surface area contributed by atoms with E-state index in [1.54, 1.807) is 6.26 Å². The molecular weight excluding hydrogens is 224 g/mol. The second-order valence-electron chi connectivity index (χ2n) is 4.41. The van der Waals surface area contributed by atoms with Crippen LogP contribution in [0, 0.1) is 0 Å². The quantitative estimate of drug-likeness (QED) is 0.673. The highest BCUT2D eigenvalue weighted by atomic mass is 16.3. The fraction of sp³-hybridized carbons (Fsp3) is 0.200. The van der Waals surface area contributed by atoms with Crippen LogP contribution in [0.2, 0.25) is 0 Å². The van der Waals surface area contributed by atoms with Crippen molar-refractivity contribution in [3.63, 3.8) is 0 Å². The Kier molecular flexibility index (Phi) is 3.15. The Morgan fingerprint density at radius 2 is 2.17 bits per heavy atom. The third kappa shape index (κ3) is 2.46. The zero-order chi connectivity index (χ0) is 12.2. The van der Waals surface area contributed by atoms with E-state index in [1.807, 2.05) is 18.3 Å². The summed E-state index contributed by atoms with van der Waals surface area (Å²) < 4.78 is 5.29. The molecule has 0 aliphatic heterocycles. The van der Waals surface area contributed by atoms with Gasteiger partial charge >= 0.3 is 0 Å². The van der Waals surface area contributed by atoms with Crippen molar-refractivity contribution in [2.45, 2.75) is 13.0 Å². The van der Waals surface area contributed by atoms with E-state index in [2.05, 4.69) is 34.6 Å². The fourth-order valence-electron chi connectivity index (χ4n) is 2.11. The number of H-pyrrole nitrogens is 1. The number of hydrogen-bond donors (Lipinski definition) is 2. The van der Waals surface area contributed by atoms with Crippen LogP contribution in [0.4, 0.5) is 0 Å². The molecule has 0 amide bonds. The van der Waals surface area contributed by atoms with Gasteiger partial charge in [-0.15, -0.1) is 0 Å². The summed E-state index contributed by atoms with van der Waals surface area (Å²) in [7, 11) is 0. The van der Waals surface area contributed by atoms with Crippen molar-refractivity contribution < 1.29 is 4.42 Å². The lowest BCUT2D eigenvalue weighted by molar-refractivity contribution is 0.499. The third-order valence-electron chi connectivity index (χ3n) is 3.08. The van der Waals surface area contributed by atoms with Crippen molar-refractivity contribution in [1.82, 2.24) is 10.3 Å². The van der Waals surface area contributed by atoms with Gasteiger partial charge in [0.15, 0.2) is 0 Å². The number of rotatable bonds is 5. The van der Waals surface area contributed by atoms with Crippen LogP contribution in [-0.2, 0) is 13.0 Å². The standard InChI is InChI=1S/C15H16N2O/c1-2-14(18-9-1)6-7-16-11-12-3-4-15-13(10-12)5-8-17-15/h1-5,8-10,16-17H,6-7,11H2. The van der Waals surface area contributed by atoms with Gasteiger partial charge in [0.1, 0.15) is 5.76 Å². The molecule has 0 aliphatic carbocycles. The van der Waals surface area contributed by atoms with Crippen molar-refractivity contribution in [1.29, 1.82) is 0 Å². The van der Waals surface area contributed by atoms with E-state index in [4.69, 9.17) is 4.42 Å². The maximum absolute atomic E-state index is 5.29. The molecule has 0 aliphatic rings. The first-order chi connectivity index (χ1) is 8.92. The Labute approximate surface area is 106 Å². The van der Waals surface area contributed by atoms with Crippen LogP contribution in [0.15, 0.2) is 53.3 Å². The van der Waals surface area contributed by atoms with E-state index in [-0.39, 0.29) is 0 Å². The van der Waals surface area contributed by atoms with Gasteiger partial charge < -0.3 is 14.7 Å². The lowest BCUT2D eigenvalue weighted by atomic mass is 10.1. The molecule has 0 saturated carbocycles. The second-order valence-corrected chi connectivity index (χ2v) is 4.41. The lowest BCUT2D eigenvalue weighted by Gasteiger charge is -2.04. The number of aromatic amines is 1. The van der Waals surface area contributed by atoms with Crippen molar-refractivity contribution in [2.75, 3.05) is 6.54 Å². The summed E-state index contributed by atoms with van der Waals surface area (Å²) in [6.45, 7) is 1.82. The monoisotopic (exact) mass is 240 g/mol. The number of hydrogen-bond acceptors (Lipinski definition) is 2. The van der Waals surface area contributed by atoms with Gasteiger partial charge in [0.25, 0.3) is 0 Å². The molecule has 2 heterocycles. The molecular formula is C15H16N2O. The van der Waals surface area contributed by atoms with Crippen LogP contribution in [0.3, 0.4) is 0 Å². The summed E-state index contributed by atoms with van der Waals surface area (Å²) in [5.41, 5.74) is 2.50. The van der Waals surface area contributed by atoms with Crippen molar-refractivity contribution in [3.8, 4) is 0 Å². The summed E-state index contributed by atoms with van der Waals surface area (Å²) in [5.74, 6) is 1.03. The average molecular weight is 240 g/mol. The Hall–Kier alpha value is -2.00. The molecule has 92 valence electrons. The molecule has 2 N–H and O–H groups in total. The van der Waals surface area contributed by atoms with Crippen LogP contribution in [-0.4, -0.2) is 11.5 Å². The van der Waals surface area contributed by atoms with Gasteiger partial charge in [0, 0.05) is 31.2 Å². The van der Waals surface area contributed by atoms with Crippen molar-refractivity contribution >= 4 is 10.9 Å². The van der Waals surface area contributed by atoms with Gasteiger partial charge in [0.2, 0.25) is 0 Å². The molecule has 3 rings (SSSR count). The van der Waals surface area contributed by atoms with Gasteiger partial charge in [-0.2, -0.15) is 0 Å². The summed E-state index contributed by atoms with van der Waals surface area (Å²) >= 11 is 0. The van der Waals surface area contributed by atoms with E-state index < -0.39 is 0 Å². The van der Waals surface area contributed by atoms with Gasteiger partial charge in [-0.05, 0) is 41.3 Å². The van der Waals surface area contributed by atoms with Gasteiger partial charge in [-0.1, -0.05) is 6.07 Å². The molecule has 0 atom stereocenters. The Morgan fingerprint density at radius 3 is 3.06 bits per heavy atom. The SMILES string of the molecule is c1coc(CCNCc2ccc3[nH]ccc3c2)c1. The molecule has 0 bridgehead atoms. The first-order valence-electron chi connectivity index (χ1n) is 6.21. The Morgan fingerprint density at radius 1 is 1.17 bits per heavy atom. The summed E-state index contributed by atoms with van der Waals surface area (Å²) in [5, 5.41) is 4.69. The third-order valence-corrected chi connectivity index (χ3v) is 3.08. The zero-order valence-corrected chi connectivity index (χ0v) is 10.1. The molecule has 3 heteroatoms. The average Bonchev–Trinajstić information content (AvgIpc) is 3.05. The van der Waals surface area contributed by atoms with Crippen LogP contribution in [0.5, 0.6) is 0 Å². The van der Waals surface area contributed by atoms with Gasteiger partial charge in [-0.25, -0.2) is 0 Å². The smallest absolute Gasteiger partial charge is 0.105 e. The first-order valence-corrected chi connectivity index (χ1v) is 6.21. The molecule has 1 aromatic carbocycles. The molecule has 18 heavy (non-hydrogen) atoms. The van der Waals surface area contributed by atoms with Crippen LogP contribution >= 0.6 is 0 Å². The number of fused-ring (bicyclic) bond motifs is 1. The highest BCUT2D eigenvalue weighted by molar-refractivity contribution is 5.79. The largest absolute Gasteiger partial charge is 0.469 e. The minimum atomic E-state index is 0.891. The van der Waals surface area contributed by atoms with Crippen LogP contribution in [0.25, 0.3) is 10.9 Å². The molecule has 3 nitrogen and oxygen atoms in total. The summed E-state index contributed by atoms with van der Waals surface area (Å²) in [6.07, 6.45) is 4.62. The van der Waals surface area contributed by atoms with E-state index in [9.17, 15) is 0 Å². The Bertz CT molecular complexity index is 610. The van der Waals surface area contributed by atoms with Crippen molar-refractivity contribution in [3.05, 3.63) is 60.2 Å². The highest BCUT2D eigenvalue weighted by Crippen LogP contribution is 2.14. The maximum Gasteiger partial charge on any atom is 0.105 e. The number of aromatic nitrogens is 1. The number of nitrogens with one attached hydrogen (secondary N) is 2. The zero-order valence-electron chi connectivity index (χ0n) is 10.1. The number of furan rings is 1. The molecule has 0 radical (unpaired) electrons. The molecule has 0 saturated heterocycles. The molecule has 0 fully saturated rings. The molecule has 0 unspecified atom stereocenters.